The van der Waals surface area contributed by atoms with Gasteiger partial charge in [0.2, 0.25) is 6.17 Å². The Balaban J connectivity index is 1.61. The van der Waals surface area contributed by atoms with Crippen molar-refractivity contribution in [1.82, 2.24) is 4.90 Å². The first kappa shape index (κ1) is 21.8. The molecule has 166 valence electrons. The molecule has 33 heavy (non-hydrogen) atoms. The fraction of sp³-hybridized carbons (Fsp3) is 0.120. The molecule has 8 nitrogen and oxygen atoms in total. The molecule has 0 aliphatic carbocycles. The van der Waals surface area contributed by atoms with E-state index in [1.165, 1.54) is 6.21 Å². The van der Waals surface area contributed by atoms with Crippen LogP contribution in [-0.2, 0) is 9.59 Å². The normalized spacial score (nSPS) is 14.6. The molecule has 0 bridgehead atoms. The van der Waals surface area contributed by atoms with E-state index in [1.807, 2.05) is 43.3 Å². The third-order valence-electron chi connectivity index (χ3n) is 5.11. The maximum absolute atomic E-state index is 13.1. The minimum atomic E-state index is -1.34. The van der Waals surface area contributed by atoms with Crippen LogP contribution in [0.25, 0.3) is 11.1 Å². The summed E-state index contributed by atoms with van der Waals surface area (Å²) in [5, 5.41) is 14.8. The number of carbonyl (C=O) groups excluding carboxylic acids is 2. The van der Waals surface area contributed by atoms with Crippen LogP contribution in [-0.4, -0.2) is 46.8 Å². The lowest BCUT2D eigenvalue weighted by atomic mass is 10.0. The SMILES string of the molecule is Cc1cc(NC(=O)N(CC(=O)O)C2N=Cc3ccccc3NC2=O)cc(-c2ccccc2)c1. The van der Waals surface area contributed by atoms with Crippen LogP contribution in [0.15, 0.2) is 77.8 Å². The number of para-hydroxylation sites is 1. The summed E-state index contributed by atoms with van der Waals surface area (Å²) in [5.41, 5.74) is 4.47. The van der Waals surface area contributed by atoms with Gasteiger partial charge < -0.3 is 15.7 Å². The number of nitrogens with zero attached hydrogens (tertiary/aromatic N) is 2. The molecule has 0 radical (unpaired) electrons. The lowest BCUT2D eigenvalue weighted by Crippen LogP contribution is -2.50. The predicted octanol–water partition coefficient (Wildman–Crippen LogP) is 3.98. The minimum Gasteiger partial charge on any atom is -0.480 e. The van der Waals surface area contributed by atoms with Crippen molar-refractivity contribution in [2.45, 2.75) is 13.1 Å². The summed E-state index contributed by atoms with van der Waals surface area (Å²) in [5.74, 6) is -1.86. The van der Waals surface area contributed by atoms with Gasteiger partial charge in [-0.1, -0.05) is 54.6 Å². The lowest BCUT2D eigenvalue weighted by Gasteiger charge is -2.26. The summed E-state index contributed by atoms with van der Waals surface area (Å²) in [4.78, 5) is 42.6. The highest BCUT2D eigenvalue weighted by Crippen LogP contribution is 2.25. The van der Waals surface area contributed by atoms with E-state index in [9.17, 15) is 19.5 Å². The molecule has 3 aromatic rings. The number of carboxylic acid groups (broad SMARTS) is 1. The molecule has 4 rings (SSSR count). The van der Waals surface area contributed by atoms with Gasteiger partial charge in [-0.05, 0) is 41.8 Å². The van der Waals surface area contributed by atoms with Gasteiger partial charge in [0.25, 0.3) is 5.91 Å². The number of urea groups is 1. The lowest BCUT2D eigenvalue weighted by molar-refractivity contribution is -0.138. The van der Waals surface area contributed by atoms with Crippen LogP contribution in [0.5, 0.6) is 0 Å². The van der Waals surface area contributed by atoms with Crippen LogP contribution in [0.1, 0.15) is 11.1 Å². The second-order valence-corrected chi connectivity index (χ2v) is 7.63. The van der Waals surface area contributed by atoms with Crippen molar-refractivity contribution in [1.29, 1.82) is 0 Å². The largest absolute Gasteiger partial charge is 0.480 e. The Labute approximate surface area is 190 Å². The second kappa shape index (κ2) is 9.35. The van der Waals surface area contributed by atoms with Crippen molar-refractivity contribution in [3.63, 3.8) is 0 Å². The number of benzene rings is 3. The van der Waals surface area contributed by atoms with Gasteiger partial charge in [0.1, 0.15) is 6.54 Å². The van der Waals surface area contributed by atoms with E-state index in [2.05, 4.69) is 15.6 Å². The number of carbonyl (C=O) groups is 3. The van der Waals surface area contributed by atoms with Gasteiger partial charge in [-0.25, -0.2) is 4.79 Å². The maximum atomic E-state index is 13.1. The summed E-state index contributed by atoms with van der Waals surface area (Å²) in [6.45, 7) is 1.20. The summed E-state index contributed by atoms with van der Waals surface area (Å²) >= 11 is 0. The fourth-order valence-corrected chi connectivity index (χ4v) is 3.62. The molecule has 0 aromatic heterocycles. The van der Waals surface area contributed by atoms with Crippen molar-refractivity contribution in [3.8, 4) is 11.1 Å². The summed E-state index contributed by atoms with van der Waals surface area (Å²) < 4.78 is 0. The van der Waals surface area contributed by atoms with Crippen molar-refractivity contribution in [2.75, 3.05) is 17.2 Å². The topological polar surface area (TPSA) is 111 Å². The van der Waals surface area contributed by atoms with Crippen LogP contribution in [0.2, 0.25) is 0 Å². The summed E-state index contributed by atoms with van der Waals surface area (Å²) in [6.07, 6.45) is 0.118. The van der Waals surface area contributed by atoms with Gasteiger partial charge >= 0.3 is 12.0 Å². The van der Waals surface area contributed by atoms with Crippen molar-refractivity contribution in [3.05, 3.63) is 83.9 Å². The molecule has 8 heteroatoms. The minimum absolute atomic E-state index is 0.482. The van der Waals surface area contributed by atoms with E-state index in [-0.39, 0.29) is 0 Å². The quantitative estimate of drug-likeness (QED) is 0.555. The highest BCUT2D eigenvalue weighted by atomic mass is 16.4. The standard InChI is InChI=1S/C25H22N4O4/c1-16-11-19(17-7-3-2-4-8-17)13-20(12-16)27-25(33)29(15-22(30)31)23-24(32)28-21-10-6-5-9-18(21)14-26-23/h2-14,23H,15H2,1H3,(H,27,33)(H,28,32)(H,30,31). The highest BCUT2D eigenvalue weighted by molar-refractivity contribution is 6.05. The van der Waals surface area contributed by atoms with E-state index >= 15 is 0 Å². The first-order chi connectivity index (χ1) is 15.9. The van der Waals surface area contributed by atoms with Crippen LogP contribution in [0.3, 0.4) is 0 Å². The van der Waals surface area contributed by atoms with Crippen molar-refractivity contribution < 1.29 is 19.5 Å². The van der Waals surface area contributed by atoms with Gasteiger partial charge in [0.05, 0.1) is 0 Å². The van der Waals surface area contributed by atoms with E-state index < -0.39 is 30.6 Å². The van der Waals surface area contributed by atoms with E-state index in [4.69, 9.17) is 0 Å². The third kappa shape index (κ3) is 5.07. The number of benzodiazepines with no additional fused rings is 1. The molecule has 1 atom stereocenters. The molecule has 0 spiro atoms. The average Bonchev–Trinajstić information content (AvgIpc) is 2.95. The second-order valence-electron chi connectivity index (χ2n) is 7.63. The molecule has 3 aromatic carbocycles. The highest BCUT2D eigenvalue weighted by Gasteiger charge is 2.32. The molecule has 1 aliphatic heterocycles. The monoisotopic (exact) mass is 442 g/mol. The molecular formula is C25H22N4O4. The molecule has 1 heterocycles. The third-order valence-corrected chi connectivity index (χ3v) is 5.11. The molecule has 3 amide bonds. The van der Waals surface area contributed by atoms with Crippen LogP contribution >= 0.6 is 0 Å². The zero-order chi connectivity index (χ0) is 23.4. The Morgan fingerprint density at radius 3 is 2.52 bits per heavy atom. The number of amides is 3. The summed E-state index contributed by atoms with van der Waals surface area (Å²) in [7, 11) is 0. The average molecular weight is 442 g/mol. The Hall–Kier alpha value is -4.46. The number of aliphatic carboxylic acids is 1. The molecule has 0 saturated carbocycles. The number of hydrogen-bond acceptors (Lipinski definition) is 4. The van der Waals surface area contributed by atoms with Gasteiger partial charge in [-0.3, -0.25) is 19.5 Å². The Kier molecular flexibility index (Phi) is 6.17. The van der Waals surface area contributed by atoms with Gasteiger partial charge in [0.15, 0.2) is 0 Å². The molecule has 3 N–H and O–H groups in total. The Morgan fingerprint density at radius 1 is 1.03 bits per heavy atom. The molecule has 0 saturated heterocycles. The molecule has 0 fully saturated rings. The zero-order valence-corrected chi connectivity index (χ0v) is 17.9. The number of nitrogens with one attached hydrogen (secondary N) is 2. The number of hydrogen-bond donors (Lipinski definition) is 3. The van der Waals surface area contributed by atoms with Crippen molar-refractivity contribution in [2.24, 2.45) is 4.99 Å². The van der Waals surface area contributed by atoms with Gasteiger partial charge in [-0.2, -0.15) is 0 Å². The van der Waals surface area contributed by atoms with Gasteiger partial charge in [0, 0.05) is 23.2 Å². The predicted molar refractivity (Wildman–Crippen MR) is 126 cm³/mol. The number of carboxylic acids is 1. The van der Waals surface area contributed by atoms with Crippen LogP contribution in [0, 0.1) is 6.92 Å². The number of aliphatic imine (C=N–C) groups is 1. The molecular weight excluding hydrogens is 420 g/mol. The maximum Gasteiger partial charge on any atom is 0.324 e. The first-order valence-corrected chi connectivity index (χ1v) is 10.3. The zero-order valence-electron chi connectivity index (χ0n) is 17.9. The molecule has 1 aliphatic rings. The van der Waals surface area contributed by atoms with E-state index in [0.29, 0.717) is 16.9 Å². The number of rotatable bonds is 5. The first-order valence-electron chi connectivity index (χ1n) is 10.3. The smallest absolute Gasteiger partial charge is 0.324 e. The Bertz CT molecular complexity index is 1240. The number of fused-ring (bicyclic) bond motifs is 1. The van der Waals surface area contributed by atoms with Crippen molar-refractivity contribution >= 4 is 35.5 Å². The fourth-order valence-electron chi connectivity index (χ4n) is 3.62. The summed E-state index contributed by atoms with van der Waals surface area (Å²) in [6, 6.07) is 21.5. The van der Waals surface area contributed by atoms with E-state index in [0.717, 1.165) is 21.6 Å². The van der Waals surface area contributed by atoms with Gasteiger partial charge in [-0.15, -0.1) is 0 Å². The van der Waals surface area contributed by atoms with Crippen LogP contribution in [0.4, 0.5) is 16.2 Å². The number of aryl methyl sites for hydroxylation is 1. The van der Waals surface area contributed by atoms with Crippen LogP contribution < -0.4 is 10.6 Å². The number of anilines is 2. The Morgan fingerprint density at radius 2 is 1.76 bits per heavy atom. The molecule has 1 unspecified atom stereocenters. The van der Waals surface area contributed by atoms with E-state index in [1.54, 1.807) is 36.4 Å².